The Morgan fingerprint density at radius 1 is 1.15 bits per heavy atom. The van der Waals surface area contributed by atoms with Gasteiger partial charge in [-0.1, -0.05) is 66.2 Å². The van der Waals surface area contributed by atoms with Crippen molar-refractivity contribution in [3.8, 4) is 17.1 Å². The standard InChI is InChI=1S/C19H16Cl2N4OS/c1-2-9-27-19-23-18-16(24-25-19)13-5-3-4-6-15(13)22-17(26-18)12-8-7-11(20)10-14(12)21/h3-8,10,17,22H,2,9H2,1H3/t17-/m0/s1. The zero-order chi connectivity index (χ0) is 18.8. The van der Waals surface area contributed by atoms with Crippen molar-refractivity contribution in [3.63, 3.8) is 0 Å². The zero-order valence-electron chi connectivity index (χ0n) is 14.4. The highest BCUT2D eigenvalue weighted by molar-refractivity contribution is 7.99. The number of thioether (sulfide) groups is 1. The Balaban J connectivity index is 1.80. The molecule has 0 aliphatic carbocycles. The molecule has 0 amide bonds. The number of hydrogen-bond donors (Lipinski definition) is 1. The molecule has 1 atom stereocenters. The number of hydrogen-bond acceptors (Lipinski definition) is 6. The van der Waals surface area contributed by atoms with Gasteiger partial charge in [0.25, 0.3) is 0 Å². The number of fused-ring (bicyclic) bond motifs is 3. The summed E-state index contributed by atoms with van der Waals surface area (Å²) in [6, 6.07) is 13.1. The summed E-state index contributed by atoms with van der Waals surface area (Å²) in [5.41, 5.74) is 3.13. The van der Waals surface area contributed by atoms with Gasteiger partial charge in [-0.25, -0.2) is 0 Å². The molecule has 2 heterocycles. The fourth-order valence-electron chi connectivity index (χ4n) is 2.76. The van der Waals surface area contributed by atoms with Crippen LogP contribution >= 0.6 is 35.0 Å². The molecule has 1 aliphatic rings. The number of nitrogens with zero attached hydrogens (tertiary/aromatic N) is 3. The quantitative estimate of drug-likeness (QED) is 0.536. The minimum absolute atomic E-state index is 0.428. The molecule has 8 heteroatoms. The molecule has 0 radical (unpaired) electrons. The van der Waals surface area contributed by atoms with Gasteiger partial charge in [-0.3, -0.25) is 0 Å². The van der Waals surface area contributed by atoms with E-state index in [4.69, 9.17) is 27.9 Å². The molecule has 1 N–H and O–H groups in total. The third kappa shape index (κ3) is 3.83. The first-order valence-electron chi connectivity index (χ1n) is 8.50. The highest BCUT2D eigenvalue weighted by atomic mass is 35.5. The van der Waals surface area contributed by atoms with Crippen LogP contribution in [0.5, 0.6) is 5.88 Å². The average Bonchev–Trinajstić information content (AvgIpc) is 2.82. The van der Waals surface area contributed by atoms with Crippen molar-refractivity contribution >= 4 is 40.7 Å². The summed E-state index contributed by atoms with van der Waals surface area (Å²) in [6.45, 7) is 2.11. The Morgan fingerprint density at radius 3 is 2.81 bits per heavy atom. The summed E-state index contributed by atoms with van der Waals surface area (Å²) in [7, 11) is 0. The van der Waals surface area contributed by atoms with Gasteiger partial charge in [0.1, 0.15) is 0 Å². The summed E-state index contributed by atoms with van der Waals surface area (Å²) in [6.07, 6.45) is 0.497. The van der Waals surface area contributed by atoms with E-state index >= 15 is 0 Å². The molecular weight excluding hydrogens is 403 g/mol. The van der Waals surface area contributed by atoms with Crippen LogP contribution in [0.25, 0.3) is 11.3 Å². The number of nitrogens with one attached hydrogen (secondary N) is 1. The van der Waals surface area contributed by atoms with E-state index in [9.17, 15) is 0 Å². The van der Waals surface area contributed by atoms with Gasteiger partial charge in [0.2, 0.25) is 11.0 Å². The lowest BCUT2D eigenvalue weighted by Crippen LogP contribution is -2.17. The van der Waals surface area contributed by atoms with Gasteiger partial charge in [-0.15, -0.1) is 10.2 Å². The number of anilines is 1. The van der Waals surface area contributed by atoms with Crippen LogP contribution in [0.1, 0.15) is 25.1 Å². The maximum Gasteiger partial charge on any atom is 0.247 e. The minimum Gasteiger partial charge on any atom is -0.448 e. The summed E-state index contributed by atoms with van der Waals surface area (Å²) in [5, 5.41) is 13.7. The van der Waals surface area contributed by atoms with Crippen LogP contribution in [0.15, 0.2) is 47.6 Å². The largest absolute Gasteiger partial charge is 0.448 e. The van der Waals surface area contributed by atoms with Gasteiger partial charge in [0, 0.05) is 27.6 Å². The topological polar surface area (TPSA) is 59.9 Å². The van der Waals surface area contributed by atoms with E-state index < -0.39 is 6.23 Å². The van der Waals surface area contributed by atoms with Crippen LogP contribution in [-0.4, -0.2) is 20.9 Å². The Labute approximate surface area is 171 Å². The maximum absolute atomic E-state index is 6.41. The van der Waals surface area contributed by atoms with Crippen molar-refractivity contribution in [3.05, 3.63) is 58.1 Å². The second-order valence-electron chi connectivity index (χ2n) is 5.95. The highest BCUT2D eigenvalue weighted by Gasteiger charge is 2.27. The van der Waals surface area contributed by atoms with E-state index in [1.807, 2.05) is 30.3 Å². The van der Waals surface area contributed by atoms with Crippen LogP contribution in [0.3, 0.4) is 0 Å². The Hall–Kier alpha value is -2.02. The molecule has 0 spiro atoms. The van der Waals surface area contributed by atoms with Crippen molar-refractivity contribution in [2.24, 2.45) is 0 Å². The van der Waals surface area contributed by atoms with Crippen molar-refractivity contribution in [2.75, 3.05) is 11.1 Å². The minimum atomic E-state index is -0.530. The van der Waals surface area contributed by atoms with Gasteiger partial charge in [-0.2, -0.15) is 4.98 Å². The van der Waals surface area contributed by atoms with E-state index in [1.165, 1.54) is 0 Å². The molecule has 0 fully saturated rings. The normalized spacial score (nSPS) is 15.1. The molecule has 138 valence electrons. The van der Waals surface area contributed by atoms with E-state index in [0.717, 1.165) is 29.0 Å². The molecule has 5 nitrogen and oxygen atoms in total. The highest BCUT2D eigenvalue weighted by Crippen LogP contribution is 2.40. The molecule has 2 aromatic carbocycles. The summed E-state index contributed by atoms with van der Waals surface area (Å²) in [5.74, 6) is 1.35. The average molecular weight is 419 g/mol. The first kappa shape index (κ1) is 18.3. The fraction of sp³-hybridized carbons (Fsp3) is 0.211. The molecule has 1 aliphatic heterocycles. The molecule has 1 aromatic heterocycles. The van der Waals surface area contributed by atoms with Crippen LogP contribution in [0, 0.1) is 0 Å². The van der Waals surface area contributed by atoms with Gasteiger partial charge in [0.05, 0.1) is 5.02 Å². The van der Waals surface area contributed by atoms with Gasteiger partial charge in [0.15, 0.2) is 11.9 Å². The van der Waals surface area contributed by atoms with E-state index in [-0.39, 0.29) is 0 Å². The number of para-hydroxylation sites is 1. The molecule has 0 saturated heterocycles. The van der Waals surface area contributed by atoms with Crippen molar-refractivity contribution in [2.45, 2.75) is 24.7 Å². The molecule has 3 aromatic rings. The second-order valence-corrected chi connectivity index (χ2v) is 7.86. The van der Waals surface area contributed by atoms with Crippen molar-refractivity contribution < 1.29 is 4.74 Å². The number of halogens is 2. The fourth-order valence-corrected chi connectivity index (χ4v) is 3.90. The SMILES string of the molecule is CCCSc1nnc2c(n1)O[C@@H](c1ccc(Cl)cc1Cl)Nc1ccccc1-2. The Bertz CT molecular complexity index is 986. The van der Waals surface area contributed by atoms with E-state index in [0.29, 0.717) is 26.8 Å². The zero-order valence-corrected chi connectivity index (χ0v) is 16.8. The predicted molar refractivity (Wildman–Crippen MR) is 110 cm³/mol. The number of aromatic nitrogens is 3. The number of ether oxygens (including phenoxy) is 1. The van der Waals surface area contributed by atoms with Crippen LogP contribution in [-0.2, 0) is 0 Å². The molecule has 4 rings (SSSR count). The Morgan fingerprint density at radius 2 is 2.00 bits per heavy atom. The molecule has 0 saturated carbocycles. The first-order valence-corrected chi connectivity index (χ1v) is 10.2. The number of rotatable bonds is 4. The van der Waals surface area contributed by atoms with Gasteiger partial charge >= 0.3 is 0 Å². The summed E-state index contributed by atoms with van der Waals surface area (Å²) >= 11 is 14.0. The lowest BCUT2D eigenvalue weighted by Gasteiger charge is -2.20. The van der Waals surface area contributed by atoms with Crippen LogP contribution in [0.2, 0.25) is 10.0 Å². The molecule has 27 heavy (non-hydrogen) atoms. The third-order valence-electron chi connectivity index (χ3n) is 4.01. The monoisotopic (exact) mass is 418 g/mol. The van der Waals surface area contributed by atoms with E-state index in [1.54, 1.807) is 23.9 Å². The molecule has 0 unspecified atom stereocenters. The second kappa shape index (κ2) is 7.92. The van der Waals surface area contributed by atoms with Crippen molar-refractivity contribution in [1.82, 2.24) is 15.2 Å². The summed E-state index contributed by atoms with van der Waals surface area (Å²) < 4.78 is 6.20. The van der Waals surface area contributed by atoms with E-state index in [2.05, 4.69) is 27.4 Å². The summed E-state index contributed by atoms with van der Waals surface area (Å²) in [4.78, 5) is 4.59. The smallest absolute Gasteiger partial charge is 0.247 e. The predicted octanol–water partition coefficient (Wildman–Crippen LogP) is 5.85. The lowest BCUT2D eigenvalue weighted by molar-refractivity contribution is 0.225. The van der Waals surface area contributed by atoms with Crippen LogP contribution in [0.4, 0.5) is 5.69 Å². The van der Waals surface area contributed by atoms with Gasteiger partial charge in [-0.05, 0) is 24.6 Å². The molecular formula is C19H16Cl2N4OS. The maximum atomic E-state index is 6.41. The first-order chi connectivity index (χ1) is 13.2. The lowest BCUT2D eigenvalue weighted by atomic mass is 10.1. The Kier molecular flexibility index (Phi) is 5.38. The van der Waals surface area contributed by atoms with Gasteiger partial charge < -0.3 is 10.1 Å². The molecule has 0 bridgehead atoms. The van der Waals surface area contributed by atoms with Crippen molar-refractivity contribution in [1.29, 1.82) is 0 Å². The number of benzene rings is 2. The third-order valence-corrected chi connectivity index (χ3v) is 5.62. The van der Waals surface area contributed by atoms with Crippen LogP contribution < -0.4 is 10.1 Å².